The standard InChI is InChI=1S/C12H22N2O3/c1-4-9-7-6-8(3)14(9)11(15)10(13)12(16)17-5-2/h8-10H,4-7,13H2,1-3H3. The van der Waals surface area contributed by atoms with Crippen LogP contribution in [0.4, 0.5) is 0 Å². The first-order chi connectivity index (χ1) is 8.02. The normalized spacial score (nSPS) is 25.8. The molecular weight excluding hydrogens is 220 g/mol. The van der Waals surface area contributed by atoms with Crippen LogP contribution in [0.25, 0.3) is 0 Å². The summed E-state index contributed by atoms with van der Waals surface area (Å²) >= 11 is 0. The van der Waals surface area contributed by atoms with Crippen molar-refractivity contribution in [3.63, 3.8) is 0 Å². The van der Waals surface area contributed by atoms with E-state index in [9.17, 15) is 9.59 Å². The molecule has 2 N–H and O–H groups in total. The van der Waals surface area contributed by atoms with Crippen molar-refractivity contribution in [2.75, 3.05) is 6.61 Å². The summed E-state index contributed by atoms with van der Waals surface area (Å²) in [6.45, 7) is 5.97. The van der Waals surface area contributed by atoms with Crippen LogP contribution >= 0.6 is 0 Å². The highest BCUT2D eigenvalue weighted by molar-refractivity contribution is 6.02. The molecule has 1 saturated heterocycles. The van der Waals surface area contributed by atoms with Gasteiger partial charge in [0.2, 0.25) is 0 Å². The number of carbonyl (C=O) groups is 2. The number of nitrogens with zero attached hydrogens (tertiary/aromatic N) is 1. The van der Waals surface area contributed by atoms with E-state index >= 15 is 0 Å². The maximum absolute atomic E-state index is 12.1. The number of esters is 1. The molecule has 0 aliphatic carbocycles. The summed E-state index contributed by atoms with van der Waals surface area (Å²) in [6, 6.07) is -0.810. The van der Waals surface area contributed by atoms with Crippen LogP contribution in [0, 0.1) is 0 Å². The summed E-state index contributed by atoms with van der Waals surface area (Å²) in [5.41, 5.74) is 5.64. The van der Waals surface area contributed by atoms with Gasteiger partial charge in [0.05, 0.1) is 6.61 Å². The molecule has 3 atom stereocenters. The van der Waals surface area contributed by atoms with Gasteiger partial charge in [-0.15, -0.1) is 0 Å². The number of ether oxygens (including phenoxy) is 1. The fourth-order valence-corrected chi connectivity index (χ4v) is 2.36. The SMILES string of the molecule is CCOC(=O)C(N)C(=O)N1C(C)CCC1CC. The van der Waals surface area contributed by atoms with Crippen LogP contribution in [0.2, 0.25) is 0 Å². The second-order valence-corrected chi connectivity index (χ2v) is 4.46. The Morgan fingerprint density at radius 1 is 1.41 bits per heavy atom. The van der Waals surface area contributed by atoms with Crippen LogP contribution in [-0.2, 0) is 14.3 Å². The fourth-order valence-electron chi connectivity index (χ4n) is 2.36. The quantitative estimate of drug-likeness (QED) is 0.581. The molecule has 0 radical (unpaired) electrons. The first kappa shape index (κ1) is 14.0. The van der Waals surface area contributed by atoms with Crippen LogP contribution in [0.3, 0.4) is 0 Å². The van der Waals surface area contributed by atoms with Crippen molar-refractivity contribution in [1.82, 2.24) is 4.90 Å². The van der Waals surface area contributed by atoms with Crippen molar-refractivity contribution in [1.29, 1.82) is 0 Å². The number of hydrogen-bond acceptors (Lipinski definition) is 4. The summed E-state index contributed by atoms with van der Waals surface area (Å²) in [5.74, 6) is -0.938. The number of carbonyl (C=O) groups excluding carboxylic acids is 2. The van der Waals surface area contributed by atoms with Gasteiger partial charge in [0.1, 0.15) is 0 Å². The molecule has 0 saturated carbocycles. The van der Waals surface area contributed by atoms with E-state index in [1.807, 2.05) is 13.8 Å². The van der Waals surface area contributed by atoms with Gasteiger partial charge in [-0.05, 0) is 33.1 Å². The summed E-state index contributed by atoms with van der Waals surface area (Å²) in [6.07, 6.45) is 2.85. The maximum Gasteiger partial charge on any atom is 0.332 e. The van der Waals surface area contributed by atoms with Gasteiger partial charge < -0.3 is 15.4 Å². The van der Waals surface area contributed by atoms with Gasteiger partial charge in [-0.25, -0.2) is 4.79 Å². The van der Waals surface area contributed by atoms with Crippen molar-refractivity contribution >= 4 is 11.9 Å². The minimum absolute atomic E-state index is 0.160. The lowest BCUT2D eigenvalue weighted by Crippen LogP contribution is -2.52. The lowest BCUT2D eigenvalue weighted by molar-refractivity contribution is -0.151. The highest BCUT2D eigenvalue weighted by atomic mass is 16.5. The van der Waals surface area contributed by atoms with Crippen molar-refractivity contribution in [3.05, 3.63) is 0 Å². The van der Waals surface area contributed by atoms with Crippen LogP contribution < -0.4 is 5.73 Å². The van der Waals surface area contributed by atoms with Crippen LogP contribution in [0.15, 0.2) is 0 Å². The lowest BCUT2D eigenvalue weighted by Gasteiger charge is -2.29. The predicted octanol–water partition coefficient (Wildman–Crippen LogP) is 0.666. The van der Waals surface area contributed by atoms with Gasteiger partial charge in [0.25, 0.3) is 5.91 Å². The second-order valence-electron chi connectivity index (χ2n) is 4.46. The second kappa shape index (κ2) is 6.00. The molecule has 1 rings (SSSR count). The third kappa shape index (κ3) is 2.97. The fraction of sp³-hybridized carbons (Fsp3) is 0.833. The highest BCUT2D eigenvalue weighted by Crippen LogP contribution is 2.26. The summed E-state index contributed by atoms with van der Waals surface area (Å²) in [7, 11) is 0. The molecule has 1 heterocycles. The van der Waals surface area contributed by atoms with E-state index in [0.717, 1.165) is 19.3 Å². The molecule has 0 aromatic heterocycles. The maximum atomic E-state index is 12.1. The Labute approximate surface area is 102 Å². The Bertz CT molecular complexity index is 293. The van der Waals surface area contributed by atoms with Gasteiger partial charge in [0, 0.05) is 12.1 Å². The van der Waals surface area contributed by atoms with Gasteiger partial charge in [0.15, 0.2) is 6.04 Å². The minimum atomic E-state index is -1.18. The van der Waals surface area contributed by atoms with Gasteiger partial charge in [-0.1, -0.05) is 6.92 Å². The van der Waals surface area contributed by atoms with Crippen LogP contribution in [0.1, 0.15) is 40.0 Å². The smallest absolute Gasteiger partial charge is 0.332 e. The minimum Gasteiger partial charge on any atom is -0.464 e. The van der Waals surface area contributed by atoms with E-state index in [0.29, 0.717) is 0 Å². The van der Waals surface area contributed by atoms with Crippen LogP contribution in [-0.4, -0.2) is 41.5 Å². The molecule has 1 aliphatic rings. The molecule has 98 valence electrons. The Balaban J connectivity index is 2.70. The van der Waals surface area contributed by atoms with E-state index in [-0.39, 0.29) is 24.6 Å². The number of hydrogen-bond donors (Lipinski definition) is 1. The first-order valence-corrected chi connectivity index (χ1v) is 6.27. The summed E-state index contributed by atoms with van der Waals surface area (Å²) in [5, 5.41) is 0. The highest BCUT2D eigenvalue weighted by Gasteiger charge is 2.38. The molecule has 5 heteroatoms. The Morgan fingerprint density at radius 2 is 2.06 bits per heavy atom. The van der Waals surface area contributed by atoms with Crippen molar-refractivity contribution in [2.24, 2.45) is 5.73 Å². The molecule has 3 unspecified atom stereocenters. The third-order valence-electron chi connectivity index (χ3n) is 3.32. The molecule has 0 bridgehead atoms. The number of amides is 1. The third-order valence-corrected chi connectivity index (χ3v) is 3.32. The van der Waals surface area contributed by atoms with E-state index in [2.05, 4.69) is 0 Å². The Kier molecular flexibility index (Phi) is 4.93. The molecule has 0 aromatic carbocycles. The molecule has 0 spiro atoms. The average molecular weight is 242 g/mol. The van der Waals surface area contributed by atoms with Gasteiger partial charge >= 0.3 is 5.97 Å². The summed E-state index contributed by atoms with van der Waals surface area (Å²) in [4.78, 5) is 25.3. The van der Waals surface area contributed by atoms with E-state index in [4.69, 9.17) is 10.5 Å². The molecule has 1 fully saturated rings. The molecule has 1 amide bonds. The molecule has 1 aliphatic heterocycles. The molecular formula is C12H22N2O3. The monoisotopic (exact) mass is 242 g/mol. The van der Waals surface area contributed by atoms with Crippen molar-refractivity contribution in [2.45, 2.75) is 58.2 Å². The topological polar surface area (TPSA) is 72.6 Å². The first-order valence-electron chi connectivity index (χ1n) is 6.27. The molecule has 0 aromatic rings. The zero-order chi connectivity index (χ0) is 13.0. The Hall–Kier alpha value is -1.10. The van der Waals surface area contributed by atoms with Gasteiger partial charge in [-0.3, -0.25) is 4.79 Å². The molecule has 5 nitrogen and oxygen atoms in total. The Morgan fingerprint density at radius 3 is 2.59 bits per heavy atom. The number of likely N-dealkylation sites (tertiary alicyclic amines) is 1. The van der Waals surface area contributed by atoms with Gasteiger partial charge in [-0.2, -0.15) is 0 Å². The largest absolute Gasteiger partial charge is 0.464 e. The lowest BCUT2D eigenvalue weighted by atomic mass is 10.1. The average Bonchev–Trinajstić information content (AvgIpc) is 2.68. The van der Waals surface area contributed by atoms with E-state index in [1.54, 1.807) is 11.8 Å². The summed E-state index contributed by atoms with van der Waals surface area (Å²) < 4.78 is 4.78. The van der Waals surface area contributed by atoms with Crippen molar-refractivity contribution < 1.29 is 14.3 Å². The number of nitrogens with two attached hydrogens (primary N) is 1. The zero-order valence-corrected chi connectivity index (χ0v) is 10.8. The number of rotatable bonds is 4. The van der Waals surface area contributed by atoms with Crippen LogP contribution in [0.5, 0.6) is 0 Å². The van der Waals surface area contributed by atoms with E-state index in [1.165, 1.54) is 0 Å². The van der Waals surface area contributed by atoms with E-state index < -0.39 is 12.0 Å². The molecule has 17 heavy (non-hydrogen) atoms. The van der Waals surface area contributed by atoms with Crippen molar-refractivity contribution in [3.8, 4) is 0 Å². The zero-order valence-electron chi connectivity index (χ0n) is 10.8. The predicted molar refractivity (Wildman–Crippen MR) is 64.2 cm³/mol.